The average molecular weight is 278 g/mol. The van der Waals surface area contributed by atoms with E-state index in [1.165, 1.54) is 18.4 Å². The number of morpholine rings is 1. The summed E-state index contributed by atoms with van der Waals surface area (Å²) in [5.41, 5.74) is 1.27. The van der Waals surface area contributed by atoms with E-state index in [-0.39, 0.29) is 0 Å². The number of hydrogen-bond acceptors (Lipinski definition) is 4. The van der Waals surface area contributed by atoms with Gasteiger partial charge in [-0.15, -0.1) is 0 Å². The SMILES string of the molecule is Cc1cc(CN2CC(C)OCC2C)oc1CNC1CC1. The molecule has 0 spiro atoms. The Morgan fingerprint density at radius 3 is 2.90 bits per heavy atom. The molecule has 20 heavy (non-hydrogen) atoms. The first-order chi connectivity index (χ1) is 9.61. The lowest BCUT2D eigenvalue weighted by Crippen LogP contribution is -2.46. The lowest BCUT2D eigenvalue weighted by atomic mass is 10.2. The van der Waals surface area contributed by atoms with Gasteiger partial charge in [0.15, 0.2) is 0 Å². The zero-order chi connectivity index (χ0) is 14.1. The van der Waals surface area contributed by atoms with Gasteiger partial charge in [-0.25, -0.2) is 0 Å². The Hall–Kier alpha value is -0.840. The van der Waals surface area contributed by atoms with Crippen molar-refractivity contribution in [3.8, 4) is 0 Å². The molecule has 1 aliphatic carbocycles. The van der Waals surface area contributed by atoms with Crippen LogP contribution in [0.5, 0.6) is 0 Å². The summed E-state index contributed by atoms with van der Waals surface area (Å²) in [6.45, 7) is 10.1. The van der Waals surface area contributed by atoms with Gasteiger partial charge in [-0.1, -0.05) is 0 Å². The highest BCUT2D eigenvalue weighted by atomic mass is 16.5. The van der Waals surface area contributed by atoms with Crippen LogP contribution in [-0.4, -0.2) is 36.2 Å². The Balaban J connectivity index is 1.59. The van der Waals surface area contributed by atoms with E-state index >= 15 is 0 Å². The summed E-state index contributed by atoms with van der Waals surface area (Å²) < 4.78 is 11.7. The van der Waals surface area contributed by atoms with Crippen molar-refractivity contribution in [2.75, 3.05) is 13.2 Å². The van der Waals surface area contributed by atoms with Crippen molar-refractivity contribution in [2.45, 2.75) is 64.9 Å². The van der Waals surface area contributed by atoms with E-state index in [9.17, 15) is 0 Å². The van der Waals surface area contributed by atoms with Gasteiger partial charge in [-0.05, 0) is 45.2 Å². The monoisotopic (exact) mass is 278 g/mol. The van der Waals surface area contributed by atoms with E-state index in [0.29, 0.717) is 12.1 Å². The first kappa shape index (κ1) is 14.1. The molecule has 1 aliphatic heterocycles. The van der Waals surface area contributed by atoms with Crippen LogP contribution in [0.3, 0.4) is 0 Å². The van der Waals surface area contributed by atoms with Crippen molar-refractivity contribution in [3.05, 3.63) is 23.2 Å². The summed E-state index contributed by atoms with van der Waals surface area (Å²) in [6, 6.07) is 3.38. The van der Waals surface area contributed by atoms with Crippen LogP contribution in [-0.2, 0) is 17.8 Å². The number of aryl methyl sites for hydroxylation is 1. The Morgan fingerprint density at radius 2 is 2.15 bits per heavy atom. The maximum Gasteiger partial charge on any atom is 0.120 e. The second-order valence-electron chi connectivity index (χ2n) is 6.40. The molecule has 1 saturated carbocycles. The minimum absolute atomic E-state index is 0.318. The molecule has 0 aromatic carbocycles. The fourth-order valence-electron chi connectivity index (χ4n) is 2.76. The lowest BCUT2D eigenvalue weighted by molar-refractivity contribution is -0.0546. The van der Waals surface area contributed by atoms with Crippen LogP contribution in [0.4, 0.5) is 0 Å². The number of hydrogen-bond donors (Lipinski definition) is 1. The molecule has 0 bridgehead atoms. The molecule has 4 heteroatoms. The van der Waals surface area contributed by atoms with Gasteiger partial charge in [0.2, 0.25) is 0 Å². The maximum absolute atomic E-state index is 6.03. The summed E-state index contributed by atoms with van der Waals surface area (Å²) in [5, 5.41) is 3.52. The second-order valence-corrected chi connectivity index (χ2v) is 6.40. The van der Waals surface area contributed by atoms with Gasteiger partial charge in [-0.2, -0.15) is 0 Å². The van der Waals surface area contributed by atoms with Gasteiger partial charge in [0.1, 0.15) is 11.5 Å². The topological polar surface area (TPSA) is 37.6 Å². The summed E-state index contributed by atoms with van der Waals surface area (Å²) in [7, 11) is 0. The fourth-order valence-corrected chi connectivity index (χ4v) is 2.76. The number of nitrogens with one attached hydrogen (secondary N) is 1. The largest absolute Gasteiger partial charge is 0.463 e. The van der Waals surface area contributed by atoms with Gasteiger partial charge in [0.25, 0.3) is 0 Å². The Morgan fingerprint density at radius 1 is 1.35 bits per heavy atom. The standard InChI is InChI=1S/C16H26N2O2/c1-11-6-15(20-16(11)7-17-14-4-5-14)9-18-8-13(3)19-10-12(18)2/h6,12-14,17H,4-5,7-10H2,1-3H3. The number of furan rings is 1. The molecule has 1 aromatic rings. The van der Waals surface area contributed by atoms with Crippen LogP contribution in [0, 0.1) is 6.92 Å². The van der Waals surface area contributed by atoms with Crippen LogP contribution in [0.1, 0.15) is 43.8 Å². The highest BCUT2D eigenvalue weighted by Gasteiger charge is 2.25. The molecule has 1 saturated heterocycles. The molecular formula is C16H26N2O2. The van der Waals surface area contributed by atoms with E-state index in [4.69, 9.17) is 9.15 Å². The van der Waals surface area contributed by atoms with Gasteiger partial charge in [0, 0.05) is 18.6 Å². The van der Waals surface area contributed by atoms with E-state index < -0.39 is 0 Å². The summed E-state index contributed by atoms with van der Waals surface area (Å²) in [5.74, 6) is 2.18. The quantitative estimate of drug-likeness (QED) is 0.898. The van der Waals surface area contributed by atoms with Crippen LogP contribution in [0.15, 0.2) is 10.5 Å². The zero-order valence-corrected chi connectivity index (χ0v) is 12.8. The highest BCUT2D eigenvalue weighted by molar-refractivity contribution is 5.20. The molecule has 0 radical (unpaired) electrons. The van der Waals surface area contributed by atoms with E-state index in [1.54, 1.807) is 0 Å². The smallest absolute Gasteiger partial charge is 0.120 e. The van der Waals surface area contributed by atoms with Gasteiger partial charge in [0.05, 0.1) is 25.8 Å². The van der Waals surface area contributed by atoms with E-state index in [2.05, 4.69) is 37.1 Å². The van der Waals surface area contributed by atoms with Crippen molar-refractivity contribution in [1.82, 2.24) is 10.2 Å². The second kappa shape index (κ2) is 5.88. The predicted molar refractivity (Wildman–Crippen MR) is 78.6 cm³/mol. The lowest BCUT2D eigenvalue weighted by Gasteiger charge is -2.36. The number of nitrogens with zero attached hydrogens (tertiary/aromatic N) is 1. The van der Waals surface area contributed by atoms with Crippen molar-refractivity contribution in [2.24, 2.45) is 0 Å². The van der Waals surface area contributed by atoms with E-state index in [0.717, 1.165) is 43.8 Å². The number of rotatable bonds is 5. The van der Waals surface area contributed by atoms with Crippen molar-refractivity contribution in [3.63, 3.8) is 0 Å². The third-order valence-corrected chi connectivity index (χ3v) is 4.30. The molecule has 1 N–H and O–H groups in total. The molecule has 4 nitrogen and oxygen atoms in total. The molecule has 3 rings (SSSR count). The fraction of sp³-hybridized carbons (Fsp3) is 0.750. The van der Waals surface area contributed by atoms with Crippen LogP contribution in [0.25, 0.3) is 0 Å². The van der Waals surface area contributed by atoms with Crippen molar-refractivity contribution < 1.29 is 9.15 Å². The Bertz CT molecular complexity index is 453. The maximum atomic E-state index is 6.03. The van der Waals surface area contributed by atoms with E-state index in [1.807, 2.05) is 0 Å². The first-order valence-corrected chi connectivity index (χ1v) is 7.79. The summed E-state index contributed by atoms with van der Waals surface area (Å²) in [6.07, 6.45) is 2.95. The van der Waals surface area contributed by atoms with Crippen LogP contribution in [0.2, 0.25) is 0 Å². The molecule has 2 unspecified atom stereocenters. The zero-order valence-electron chi connectivity index (χ0n) is 12.8. The molecule has 0 amide bonds. The third-order valence-electron chi connectivity index (χ3n) is 4.30. The Kier molecular flexibility index (Phi) is 4.15. The third kappa shape index (κ3) is 3.43. The molecule has 2 aliphatic rings. The molecule has 2 fully saturated rings. The van der Waals surface area contributed by atoms with Gasteiger partial charge >= 0.3 is 0 Å². The molecule has 2 heterocycles. The van der Waals surface area contributed by atoms with Gasteiger partial charge < -0.3 is 14.5 Å². The van der Waals surface area contributed by atoms with Crippen LogP contribution >= 0.6 is 0 Å². The molecule has 2 atom stereocenters. The summed E-state index contributed by atoms with van der Waals surface area (Å²) >= 11 is 0. The first-order valence-electron chi connectivity index (χ1n) is 7.79. The molecule has 1 aromatic heterocycles. The van der Waals surface area contributed by atoms with Crippen molar-refractivity contribution >= 4 is 0 Å². The average Bonchev–Trinajstić information content (AvgIpc) is 3.16. The molecule has 112 valence electrons. The summed E-state index contributed by atoms with van der Waals surface area (Å²) in [4.78, 5) is 2.45. The highest BCUT2D eigenvalue weighted by Crippen LogP contribution is 2.22. The predicted octanol–water partition coefficient (Wildman–Crippen LogP) is 2.45. The number of ether oxygens (including phenoxy) is 1. The van der Waals surface area contributed by atoms with Crippen molar-refractivity contribution in [1.29, 1.82) is 0 Å². The minimum atomic E-state index is 0.318. The van der Waals surface area contributed by atoms with Gasteiger partial charge in [-0.3, -0.25) is 4.90 Å². The Labute approximate surface area is 121 Å². The van der Waals surface area contributed by atoms with Crippen LogP contribution < -0.4 is 5.32 Å². The molecular weight excluding hydrogens is 252 g/mol. The normalized spacial score (nSPS) is 27.9. The minimum Gasteiger partial charge on any atom is -0.463 e.